The molecule has 1 N–H and O–H groups in total. The largest absolute Gasteiger partial charge is 0.359 e. The number of aryl methyl sites for hydroxylation is 1. The van der Waals surface area contributed by atoms with Gasteiger partial charge >= 0.3 is 0 Å². The molecule has 1 aliphatic carbocycles. The van der Waals surface area contributed by atoms with E-state index < -0.39 is 0 Å². The Balaban J connectivity index is 1.41. The van der Waals surface area contributed by atoms with Gasteiger partial charge in [-0.05, 0) is 49.1 Å². The minimum Gasteiger partial charge on any atom is -0.359 e. The Morgan fingerprint density at radius 1 is 1.30 bits per heavy atom. The number of anilines is 1. The van der Waals surface area contributed by atoms with Gasteiger partial charge in [0.1, 0.15) is 5.82 Å². The third kappa shape index (κ3) is 3.16. The molecule has 0 radical (unpaired) electrons. The van der Waals surface area contributed by atoms with E-state index in [1.165, 1.54) is 0 Å². The first-order valence-electron chi connectivity index (χ1n) is 9.70. The van der Waals surface area contributed by atoms with Crippen LogP contribution < -0.4 is 10.9 Å². The van der Waals surface area contributed by atoms with Crippen molar-refractivity contribution in [2.45, 2.75) is 25.7 Å². The Kier molecular flexibility index (Phi) is 4.76. The first kappa shape index (κ1) is 18.2. The second-order valence-corrected chi connectivity index (χ2v) is 7.91. The molecule has 3 unspecified atom stereocenters. The molecule has 3 atom stereocenters. The SMILES string of the molecule is CNc1nc(C)c(CCN2CC3CC(c4ccccc4F)C3C2)c(=O)n1C. The molecule has 2 heterocycles. The molecule has 1 aliphatic heterocycles. The predicted molar refractivity (Wildman–Crippen MR) is 105 cm³/mol. The Hall–Kier alpha value is -2.21. The molecule has 0 amide bonds. The van der Waals surface area contributed by atoms with E-state index in [-0.39, 0.29) is 11.4 Å². The highest BCUT2D eigenvalue weighted by Gasteiger charge is 2.47. The van der Waals surface area contributed by atoms with E-state index in [1.54, 1.807) is 30.8 Å². The third-order valence-electron chi connectivity index (χ3n) is 6.44. The van der Waals surface area contributed by atoms with Crippen molar-refractivity contribution < 1.29 is 4.39 Å². The first-order chi connectivity index (χ1) is 13.0. The summed E-state index contributed by atoms with van der Waals surface area (Å²) in [6, 6.07) is 7.18. The number of nitrogens with one attached hydrogen (secondary N) is 1. The predicted octanol–water partition coefficient (Wildman–Crippen LogP) is 2.55. The summed E-state index contributed by atoms with van der Waals surface area (Å²) in [6.07, 6.45) is 1.78. The minimum atomic E-state index is -0.0748. The van der Waals surface area contributed by atoms with Crippen molar-refractivity contribution in [3.63, 3.8) is 0 Å². The van der Waals surface area contributed by atoms with Crippen LogP contribution in [0.4, 0.5) is 10.3 Å². The van der Waals surface area contributed by atoms with Gasteiger partial charge < -0.3 is 10.2 Å². The minimum absolute atomic E-state index is 0.0262. The zero-order valence-electron chi connectivity index (χ0n) is 16.2. The molecular formula is C21H27FN4O. The molecule has 2 aliphatic rings. The summed E-state index contributed by atoms with van der Waals surface area (Å²) >= 11 is 0. The van der Waals surface area contributed by atoms with Gasteiger partial charge in [-0.1, -0.05) is 18.2 Å². The normalized spacial score (nSPS) is 24.5. The zero-order chi connectivity index (χ0) is 19.1. The van der Waals surface area contributed by atoms with Crippen molar-refractivity contribution in [2.75, 3.05) is 32.0 Å². The number of likely N-dealkylation sites (tertiary alicyclic amines) is 1. The maximum Gasteiger partial charge on any atom is 0.258 e. The number of halogens is 1. The van der Waals surface area contributed by atoms with Crippen LogP contribution in [0.25, 0.3) is 0 Å². The van der Waals surface area contributed by atoms with Crippen molar-refractivity contribution in [2.24, 2.45) is 18.9 Å². The quantitative estimate of drug-likeness (QED) is 0.879. The summed E-state index contributed by atoms with van der Waals surface area (Å²) in [5.41, 5.74) is 2.49. The maximum absolute atomic E-state index is 14.1. The Bertz CT molecular complexity index is 910. The van der Waals surface area contributed by atoms with Crippen molar-refractivity contribution in [1.29, 1.82) is 0 Å². The van der Waals surface area contributed by atoms with Crippen LogP contribution in [0.15, 0.2) is 29.1 Å². The van der Waals surface area contributed by atoms with Crippen molar-refractivity contribution in [3.05, 3.63) is 57.3 Å². The van der Waals surface area contributed by atoms with E-state index in [0.29, 0.717) is 30.1 Å². The summed E-state index contributed by atoms with van der Waals surface area (Å²) in [4.78, 5) is 19.5. The van der Waals surface area contributed by atoms with E-state index in [0.717, 1.165) is 42.9 Å². The Labute approximate surface area is 159 Å². The number of hydrogen-bond acceptors (Lipinski definition) is 4. The summed E-state index contributed by atoms with van der Waals surface area (Å²) < 4.78 is 15.7. The van der Waals surface area contributed by atoms with Crippen LogP contribution >= 0.6 is 0 Å². The van der Waals surface area contributed by atoms with Crippen molar-refractivity contribution >= 4 is 5.95 Å². The van der Waals surface area contributed by atoms with Gasteiger partial charge in [0, 0.05) is 45.0 Å². The lowest BCUT2D eigenvalue weighted by Crippen LogP contribution is -2.34. The molecule has 1 aromatic heterocycles. The van der Waals surface area contributed by atoms with Gasteiger partial charge in [-0.15, -0.1) is 0 Å². The average molecular weight is 370 g/mol. The highest BCUT2D eigenvalue weighted by Crippen LogP contribution is 2.51. The lowest BCUT2D eigenvalue weighted by atomic mass is 9.64. The standard InChI is InChI=1S/C21H27FN4O/c1-13-15(20(27)25(3)21(23-2)24-13)8-9-26-11-14-10-17(18(14)12-26)16-6-4-5-7-19(16)22/h4-7,14,17-18H,8-12H2,1-3H3,(H,23,24). The summed E-state index contributed by atoms with van der Waals surface area (Å²) in [5, 5.41) is 2.96. The molecule has 2 fully saturated rings. The van der Waals surface area contributed by atoms with Gasteiger partial charge in [0.2, 0.25) is 5.95 Å². The molecule has 1 saturated carbocycles. The van der Waals surface area contributed by atoms with E-state index in [9.17, 15) is 9.18 Å². The molecule has 5 nitrogen and oxygen atoms in total. The molecular weight excluding hydrogens is 343 g/mol. The van der Waals surface area contributed by atoms with Gasteiger partial charge in [0.05, 0.1) is 0 Å². The molecule has 1 saturated heterocycles. The van der Waals surface area contributed by atoms with Crippen LogP contribution in [-0.4, -0.2) is 41.1 Å². The topological polar surface area (TPSA) is 50.2 Å². The fourth-order valence-corrected chi connectivity index (χ4v) is 4.85. The Morgan fingerprint density at radius 3 is 2.81 bits per heavy atom. The molecule has 144 valence electrons. The Morgan fingerprint density at radius 2 is 2.07 bits per heavy atom. The maximum atomic E-state index is 14.1. The first-order valence-corrected chi connectivity index (χ1v) is 9.70. The van der Waals surface area contributed by atoms with Crippen molar-refractivity contribution in [3.8, 4) is 0 Å². The van der Waals surface area contributed by atoms with Gasteiger partial charge in [-0.3, -0.25) is 9.36 Å². The van der Waals surface area contributed by atoms with E-state index in [1.807, 2.05) is 19.1 Å². The van der Waals surface area contributed by atoms with Gasteiger partial charge in [0.25, 0.3) is 5.56 Å². The van der Waals surface area contributed by atoms with Crippen LogP contribution in [0.5, 0.6) is 0 Å². The molecule has 0 spiro atoms. The smallest absolute Gasteiger partial charge is 0.258 e. The van der Waals surface area contributed by atoms with E-state index in [2.05, 4.69) is 15.2 Å². The molecule has 27 heavy (non-hydrogen) atoms. The van der Waals surface area contributed by atoms with E-state index >= 15 is 0 Å². The highest BCUT2D eigenvalue weighted by molar-refractivity contribution is 5.31. The molecule has 4 rings (SSSR count). The number of fused-ring (bicyclic) bond motifs is 1. The molecule has 6 heteroatoms. The fraction of sp³-hybridized carbons (Fsp3) is 0.524. The molecule has 0 bridgehead atoms. The second-order valence-electron chi connectivity index (χ2n) is 7.91. The number of hydrogen-bond donors (Lipinski definition) is 1. The zero-order valence-corrected chi connectivity index (χ0v) is 16.2. The van der Waals surface area contributed by atoms with Crippen LogP contribution in [0.3, 0.4) is 0 Å². The summed E-state index contributed by atoms with van der Waals surface area (Å²) in [7, 11) is 3.52. The van der Waals surface area contributed by atoms with Gasteiger partial charge in [0.15, 0.2) is 0 Å². The fourth-order valence-electron chi connectivity index (χ4n) is 4.85. The van der Waals surface area contributed by atoms with Gasteiger partial charge in [-0.25, -0.2) is 9.37 Å². The average Bonchev–Trinajstić information content (AvgIpc) is 2.96. The number of nitrogens with zero attached hydrogens (tertiary/aromatic N) is 3. The van der Waals surface area contributed by atoms with Crippen molar-refractivity contribution in [1.82, 2.24) is 14.5 Å². The lowest BCUT2D eigenvalue weighted by Gasteiger charge is -2.40. The summed E-state index contributed by atoms with van der Waals surface area (Å²) in [6.45, 7) is 4.80. The van der Waals surface area contributed by atoms with Gasteiger partial charge in [-0.2, -0.15) is 0 Å². The third-order valence-corrected chi connectivity index (χ3v) is 6.44. The summed E-state index contributed by atoms with van der Waals surface area (Å²) in [5.74, 6) is 2.05. The van der Waals surface area contributed by atoms with Crippen LogP contribution in [0.2, 0.25) is 0 Å². The van der Waals surface area contributed by atoms with Crippen LogP contribution in [0, 0.1) is 24.6 Å². The number of rotatable bonds is 5. The lowest BCUT2D eigenvalue weighted by molar-refractivity contribution is 0.187. The van der Waals surface area contributed by atoms with Crippen LogP contribution in [0.1, 0.15) is 29.2 Å². The second kappa shape index (κ2) is 7.08. The number of aromatic nitrogens is 2. The highest BCUT2D eigenvalue weighted by atomic mass is 19.1. The molecule has 1 aromatic carbocycles. The number of benzene rings is 1. The van der Waals surface area contributed by atoms with E-state index in [4.69, 9.17) is 0 Å². The van der Waals surface area contributed by atoms with Crippen LogP contribution in [-0.2, 0) is 13.5 Å². The molecule has 2 aromatic rings. The monoisotopic (exact) mass is 370 g/mol.